The molecule has 1 atom stereocenters. The van der Waals surface area contributed by atoms with Gasteiger partial charge in [0, 0.05) is 18.1 Å². The quantitative estimate of drug-likeness (QED) is 0.590. The van der Waals surface area contributed by atoms with Crippen LogP contribution < -0.4 is 9.47 Å². The molecule has 1 aliphatic heterocycles. The van der Waals surface area contributed by atoms with Gasteiger partial charge in [-0.15, -0.1) is 0 Å². The number of nitrogens with zero attached hydrogens (tertiary/aromatic N) is 1. The summed E-state index contributed by atoms with van der Waals surface area (Å²) in [5, 5.41) is 0. The maximum Gasteiger partial charge on any atom is 0.312 e. The Kier molecular flexibility index (Phi) is 5.51. The number of esters is 1. The van der Waals surface area contributed by atoms with Crippen molar-refractivity contribution in [2.45, 2.75) is 19.8 Å². The molecule has 0 amide bonds. The Balaban J connectivity index is 1.36. The third kappa shape index (κ3) is 4.26. The summed E-state index contributed by atoms with van der Waals surface area (Å²) in [5.41, 5.74) is 2.83. The monoisotopic (exact) mass is 393 g/mol. The van der Waals surface area contributed by atoms with Crippen LogP contribution in [-0.2, 0) is 22.4 Å². The van der Waals surface area contributed by atoms with E-state index in [1.807, 2.05) is 55.5 Å². The number of ether oxygens (including phenoxy) is 3. The molecule has 1 aliphatic rings. The summed E-state index contributed by atoms with van der Waals surface area (Å²) in [6.07, 6.45) is 1.26. The smallest absolute Gasteiger partial charge is 0.312 e. The molecule has 0 spiro atoms. The van der Waals surface area contributed by atoms with Gasteiger partial charge in [-0.2, -0.15) is 0 Å². The molecule has 0 aliphatic carbocycles. The van der Waals surface area contributed by atoms with E-state index in [0.717, 1.165) is 34.1 Å². The highest BCUT2D eigenvalue weighted by Crippen LogP contribution is 2.31. The average Bonchev–Trinajstić information content (AvgIpc) is 3.14. The molecule has 1 aromatic heterocycles. The van der Waals surface area contributed by atoms with Gasteiger partial charge in [-0.25, -0.2) is 4.98 Å². The molecule has 0 radical (unpaired) electrons. The molecule has 0 fully saturated rings. The Bertz CT molecular complexity index is 996. The van der Waals surface area contributed by atoms with Gasteiger partial charge < -0.3 is 18.6 Å². The van der Waals surface area contributed by atoms with Crippen LogP contribution in [0.1, 0.15) is 17.0 Å². The van der Waals surface area contributed by atoms with E-state index in [0.29, 0.717) is 31.9 Å². The first-order valence-corrected chi connectivity index (χ1v) is 9.62. The van der Waals surface area contributed by atoms with Crippen molar-refractivity contribution in [3.8, 4) is 23.0 Å². The predicted octanol–water partition coefficient (Wildman–Crippen LogP) is 4.00. The number of carbonyl (C=O) groups excluding carboxylic acids is 1. The van der Waals surface area contributed by atoms with Crippen molar-refractivity contribution in [1.82, 2.24) is 4.98 Å². The van der Waals surface area contributed by atoms with Crippen molar-refractivity contribution in [3.05, 3.63) is 65.5 Å². The molecule has 0 N–H and O–H groups in total. The Morgan fingerprint density at radius 2 is 2.03 bits per heavy atom. The van der Waals surface area contributed by atoms with Crippen LogP contribution in [0, 0.1) is 12.8 Å². The van der Waals surface area contributed by atoms with E-state index >= 15 is 0 Å². The number of aromatic nitrogens is 1. The molecule has 6 nitrogen and oxygen atoms in total. The number of carbonyl (C=O) groups is 1. The number of rotatable bonds is 6. The van der Waals surface area contributed by atoms with Crippen LogP contribution >= 0.6 is 0 Å². The number of benzene rings is 2. The van der Waals surface area contributed by atoms with Gasteiger partial charge >= 0.3 is 5.97 Å². The largest absolute Gasteiger partial charge is 0.493 e. The Morgan fingerprint density at radius 3 is 2.83 bits per heavy atom. The second-order valence-corrected chi connectivity index (χ2v) is 6.99. The molecule has 0 saturated carbocycles. The number of aryl methyl sites for hydroxylation is 1. The van der Waals surface area contributed by atoms with Gasteiger partial charge in [0.05, 0.1) is 25.3 Å². The first-order valence-electron chi connectivity index (χ1n) is 9.62. The molecule has 0 bridgehead atoms. The maximum absolute atomic E-state index is 11.7. The maximum atomic E-state index is 11.7. The zero-order valence-electron chi connectivity index (χ0n) is 16.5. The lowest BCUT2D eigenvalue weighted by atomic mass is 9.97. The predicted molar refractivity (Wildman–Crippen MR) is 107 cm³/mol. The molecule has 4 rings (SSSR count). The van der Waals surface area contributed by atoms with Crippen molar-refractivity contribution < 1.29 is 23.4 Å². The summed E-state index contributed by atoms with van der Waals surface area (Å²) in [6.45, 7) is 2.72. The highest BCUT2D eigenvalue weighted by molar-refractivity contribution is 5.73. The lowest BCUT2D eigenvalue weighted by molar-refractivity contribution is -0.146. The molecule has 0 saturated heterocycles. The molecule has 29 heavy (non-hydrogen) atoms. The average molecular weight is 393 g/mol. The van der Waals surface area contributed by atoms with Gasteiger partial charge in [0.15, 0.2) is 0 Å². The van der Waals surface area contributed by atoms with Crippen molar-refractivity contribution in [3.63, 3.8) is 0 Å². The SMILES string of the molecule is COC(=O)C1COc2cc(OCCc3nc(-c4ccccc4)oc3C)ccc2C1. The summed E-state index contributed by atoms with van der Waals surface area (Å²) >= 11 is 0. The molecular formula is C23H23NO5. The molecule has 1 unspecified atom stereocenters. The number of hydrogen-bond donors (Lipinski definition) is 0. The topological polar surface area (TPSA) is 70.8 Å². The molecule has 2 aromatic carbocycles. The molecule has 150 valence electrons. The van der Waals surface area contributed by atoms with Gasteiger partial charge in [-0.1, -0.05) is 24.3 Å². The first kappa shape index (κ1) is 19.1. The van der Waals surface area contributed by atoms with E-state index in [9.17, 15) is 4.79 Å². The number of methoxy groups -OCH3 is 1. The van der Waals surface area contributed by atoms with Crippen LogP contribution in [-0.4, -0.2) is 31.3 Å². The number of oxazole rings is 1. The fourth-order valence-electron chi connectivity index (χ4n) is 3.39. The minimum absolute atomic E-state index is 0.242. The fourth-order valence-corrected chi connectivity index (χ4v) is 3.39. The van der Waals surface area contributed by atoms with E-state index in [2.05, 4.69) is 4.98 Å². The van der Waals surface area contributed by atoms with E-state index in [-0.39, 0.29) is 11.9 Å². The van der Waals surface area contributed by atoms with Gasteiger partial charge in [0.25, 0.3) is 0 Å². The third-order valence-electron chi connectivity index (χ3n) is 5.00. The summed E-state index contributed by atoms with van der Waals surface area (Å²) in [4.78, 5) is 16.3. The van der Waals surface area contributed by atoms with Crippen LogP contribution in [0.5, 0.6) is 11.5 Å². The normalized spacial score (nSPS) is 15.3. The van der Waals surface area contributed by atoms with Crippen LogP contribution in [0.25, 0.3) is 11.5 Å². The summed E-state index contributed by atoms with van der Waals surface area (Å²) in [7, 11) is 1.40. The van der Waals surface area contributed by atoms with E-state index in [1.165, 1.54) is 7.11 Å². The fraction of sp³-hybridized carbons (Fsp3) is 0.304. The van der Waals surface area contributed by atoms with Crippen molar-refractivity contribution >= 4 is 5.97 Å². The minimum Gasteiger partial charge on any atom is -0.493 e. The molecule has 3 aromatic rings. The van der Waals surface area contributed by atoms with Gasteiger partial charge in [-0.3, -0.25) is 4.79 Å². The number of hydrogen-bond acceptors (Lipinski definition) is 6. The van der Waals surface area contributed by atoms with Crippen molar-refractivity contribution in [1.29, 1.82) is 0 Å². The van der Waals surface area contributed by atoms with Crippen molar-refractivity contribution in [2.75, 3.05) is 20.3 Å². The Morgan fingerprint density at radius 1 is 1.21 bits per heavy atom. The lowest BCUT2D eigenvalue weighted by Gasteiger charge is -2.24. The zero-order chi connectivity index (χ0) is 20.2. The summed E-state index contributed by atoms with van der Waals surface area (Å²) in [6, 6.07) is 15.5. The Hall–Kier alpha value is -3.28. The van der Waals surface area contributed by atoms with Crippen LogP contribution in [0.3, 0.4) is 0 Å². The third-order valence-corrected chi connectivity index (χ3v) is 5.00. The van der Waals surface area contributed by atoms with Crippen LogP contribution in [0.4, 0.5) is 0 Å². The highest BCUT2D eigenvalue weighted by Gasteiger charge is 2.27. The van der Waals surface area contributed by atoms with E-state index in [4.69, 9.17) is 18.6 Å². The second-order valence-electron chi connectivity index (χ2n) is 6.99. The first-order chi connectivity index (χ1) is 14.1. The Labute approximate surface area is 169 Å². The van der Waals surface area contributed by atoms with Crippen LogP contribution in [0.15, 0.2) is 52.9 Å². The van der Waals surface area contributed by atoms with E-state index in [1.54, 1.807) is 0 Å². The van der Waals surface area contributed by atoms with Gasteiger partial charge in [0.2, 0.25) is 5.89 Å². The zero-order valence-corrected chi connectivity index (χ0v) is 16.5. The summed E-state index contributed by atoms with van der Waals surface area (Å²) < 4.78 is 22.2. The van der Waals surface area contributed by atoms with Gasteiger partial charge in [0.1, 0.15) is 23.9 Å². The second kappa shape index (κ2) is 8.39. The molecular weight excluding hydrogens is 370 g/mol. The van der Waals surface area contributed by atoms with Crippen molar-refractivity contribution in [2.24, 2.45) is 5.92 Å². The molecule has 2 heterocycles. The standard InChI is InChI=1S/C23H23NO5/c1-15-20(24-22(29-15)16-6-4-3-5-7-16)10-11-27-19-9-8-17-12-18(23(25)26-2)14-28-21(17)13-19/h3-9,13,18H,10-12,14H2,1-2H3. The minimum atomic E-state index is -0.256. The van der Waals surface area contributed by atoms with Crippen LogP contribution in [0.2, 0.25) is 0 Å². The van der Waals surface area contributed by atoms with Gasteiger partial charge in [-0.05, 0) is 37.1 Å². The number of fused-ring (bicyclic) bond motifs is 1. The lowest BCUT2D eigenvalue weighted by Crippen LogP contribution is -2.29. The highest BCUT2D eigenvalue weighted by atomic mass is 16.5. The van der Waals surface area contributed by atoms with E-state index < -0.39 is 0 Å². The molecule has 6 heteroatoms. The summed E-state index contributed by atoms with van der Waals surface area (Å²) in [5.74, 6) is 2.41.